The van der Waals surface area contributed by atoms with Crippen molar-refractivity contribution < 1.29 is 24.2 Å². The van der Waals surface area contributed by atoms with Crippen molar-refractivity contribution in [2.24, 2.45) is 0 Å². The van der Waals surface area contributed by atoms with Gasteiger partial charge in [-0.25, -0.2) is 0 Å². The molecule has 1 N–H and O–H groups in total. The highest BCUT2D eigenvalue weighted by molar-refractivity contribution is 6.46. The average Bonchev–Trinajstić information content (AvgIpc) is 3.18. The maximum Gasteiger partial charge on any atom is 0.295 e. The van der Waals surface area contributed by atoms with Gasteiger partial charge in [0, 0.05) is 31.9 Å². The molecule has 4 rings (SSSR count). The van der Waals surface area contributed by atoms with Gasteiger partial charge in [0.1, 0.15) is 17.3 Å². The predicted molar refractivity (Wildman–Crippen MR) is 158 cm³/mol. The second kappa shape index (κ2) is 12.3. The van der Waals surface area contributed by atoms with E-state index in [9.17, 15) is 14.7 Å². The first-order valence-corrected chi connectivity index (χ1v) is 13.7. The molecule has 3 aromatic carbocycles. The van der Waals surface area contributed by atoms with Gasteiger partial charge in [-0.3, -0.25) is 9.59 Å². The first-order valence-electron chi connectivity index (χ1n) is 13.7. The number of ketones is 1. The van der Waals surface area contributed by atoms with Crippen molar-refractivity contribution in [1.29, 1.82) is 0 Å². The van der Waals surface area contributed by atoms with Crippen LogP contribution in [0.15, 0.2) is 72.3 Å². The van der Waals surface area contributed by atoms with Crippen LogP contribution >= 0.6 is 0 Å². The average molecular weight is 543 g/mol. The minimum atomic E-state index is -0.763. The Bertz CT molecular complexity index is 1410. The number of ether oxygens (including phenoxy) is 2. The van der Waals surface area contributed by atoms with Gasteiger partial charge >= 0.3 is 0 Å². The van der Waals surface area contributed by atoms with E-state index in [0.717, 1.165) is 28.1 Å². The lowest BCUT2D eigenvalue weighted by molar-refractivity contribution is -0.140. The molecule has 7 nitrogen and oxygen atoms in total. The largest absolute Gasteiger partial charge is 0.507 e. The minimum Gasteiger partial charge on any atom is -0.507 e. The van der Waals surface area contributed by atoms with E-state index in [1.165, 1.54) is 4.90 Å². The number of aliphatic hydroxyl groups is 1. The second-order valence-electron chi connectivity index (χ2n) is 10.3. The van der Waals surface area contributed by atoms with Gasteiger partial charge < -0.3 is 24.4 Å². The van der Waals surface area contributed by atoms with Gasteiger partial charge in [0.25, 0.3) is 11.7 Å². The molecule has 1 aliphatic heterocycles. The summed E-state index contributed by atoms with van der Waals surface area (Å²) in [5.74, 6) is -0.00182. The highest BCUT2D eigenvalue weighted by Crippen LogP contribution is 2.41. The van der Waals surface area contributed by atoms with E-state index in [-0.39, 0.29) is 23.8 Å². The van der Waals surface area contributed by atoms with Crippen molar-refractivity contribution in [3.63, 3.8) is 0 Å². The van der Waals surface area contributed by atoms with E-state index in [1.54, 1.807) is 6.07 Å². The molecule has 210 valence electrons. The molecule has 0 bridgehead atoms. The van der Waals surface area contributed by atoms with E-state index in [0.29, 0.717) is 24.5 Å². The van der Waals surface area contributed by atoms with Gasteiger partial charge in [-0.05, 0) is 78.9 Å². The zero-order valence-corrected chi connectivity index (χ0v) is 24.1. The van der Waals surface area contributed by atoms with Crippen molar-refractivity contribution >= 4 is 23.1 Å². The third-order valence-electron chi connectivity index (χ3n) is 7.03. The van der Waals surface area contributed by atoms with E-state index >= 15 is 0 Å². The molecule has 1 fully saturated rings. The summed E-state index contributed by atoms with van der Waals surface area (Å²) in [6.07, 6.45) is 0. The minimum absolute atomic E-state index is 0.0717. The summed E-state index contributed by atoms with van der Waals surface area (Å²) in [4.78, 5) is 30.6. The molecule has 1 atom stereocenters. The quantitative estimate of drug-likeness (QED) is 0.184. The van der Waals surface area contributed by atoms with E-state index in [2.05, 4.69) is 0 Å². The van der Waals surface area contributed by atoms with Crippen molar-refractivity contribution in [2.45, 2.75) is 46.2 Å². The molecule has 0 aliphatic carbocycles. The maximum atomic E-state index is 13.6. The molecule has 0 spiro atoms. The molecule has 1 saturated heterocycles. The van der Waals surface area contributed by atoms with Gasteiger partial charge in [0.05, 0.1) is 24.8 Å². The first kappa shape index (κ1) is 28.7. The highest BCUT2D eigenvalue weighted by atomic mass is 16.5. The fourth-order valence-electron chi connectivity index (χ4n) is 5.03. The molecule has 1 amide bonds. The highest BCUT2D eigenvalue weighted by Gasteiger charge is 2.46. The molecule has 0 radical (unpaired) electrons. The number of carbonyl (C=O) groups is 2. The molecule has 1 aliphatic rings. The number of aliphatic hydroxyl groups excluding tert-OH is 1. The summed E-state index contributed by atoms with van der Waals surface area (Å²) in [6, 6.07) is 19.8. The number of carbonyl (C=O) groups excluding carboxylic acids is 2. The molecule has 1 unspecified atom stereocenters. The summed E-state index contributed by atoms with van der Waals surface area (Å²) in [5, 5.41) is 11.6. The van der Waals surface area contributed by atoms with Crippen molar-refractivity contribution in [1.82, 2.24) is 4.90 Å². The van der Waals surface area contributed by atoms with E-state index in [4.69, 9.17) is 9.47 Å². The summed E-state index contributed by atoms with van der Waals surface area (Å²) in [6.45, 7) is 9.14. The molecule has 40 heavy (non-hydrogen) atoms. The summed E-state index contributed by atoms with van der Waals surface area (Å²) in [5.41, 5.74) is 4.01. The molecular weight excluding hydrogens is 504 g/mol. The van der Waals surface area contributed by atoms with Gasteiger partial charge in [-0.2, -0.15) is 0 Å². The maximum absolute atomic E-state index is 13.6. The second-order valence-corrected chi connectivity index (χ2v) is 10.3. The zero-order chi connectivity index (χ0) is 29.0. The van der Waals surface area contributed by atoms with Crippen LogP contribution in [0.5, 0.6) is 11.5 Å². The Morgan fingerprint density at radius 3 is 2.27 bits per heavy atom. The van der Waals surface area contributed by atoms with Crippen LogP contribution in [-0.4, -0.2) is 49.0 Å². The summed E-state index contributed by atoms with van der Waals surface area (Å²) in [7, 11) is 3.90. The summed E-state index contributed by atoms with van der Waals surface area (Å²) < 4.78 is 11.4. The Kier molecular flexibility index (Phi) is 8.83. The van der Waals surface area contributed by atoms with Gasteiger partial charge in [0.15, 0.2) is 0 Å². The number of nitrogens with zero attached hydrogens (tertiary/aromatic N) is 2. The fraction of sp³-hybridized carbons (Fsp3) is 0.333. The van der Waals surface area contributed by atoms with Crippen molar-refractivity contribution in [3.8, 4) is 11.5 Å². The van der Waals surface area contributed by atoms with Crippen LogP contribution in [0.1, 0.15) is 61.9 Å². The zero-order valence-electron chi connectivity index (χ0n) is 24.1. The number of hydrogen-bond donors (Lipinski definition) is 1. The number of Topliss-reactive ketones (excluding diaryl/α,β-unsaturated/α-hetero) is 1. The van der Waals surface area contributed by atoms with Crippen LogP contribution in [0.2, 0.25) is 0 Å². The third-order valence-corrected chi connectivity index (χ3v) is 7.03. The molecule has 1 heterocycles. The predicted octanol–water partition coefficient (Wildman–Crippen LogP) is 6.30. The number of hydrogen-bond acceptors (Lipinski definition) is 6. The Labute approximate surface area is 236 Å². The molecule has 0 saturated carbocycles. The van der Waals surface area contributed by atoms with E-state index in [1.807, 2.05) is 107 Å². The van der Waals surface area contributed by atoms with Crippen molar-refractivity contribution in [2.75, 3.05) is 32.2 Å². The van der Waals surface area contributed by atoms with Crippen LogP contribution in [0.25, 0.3) is 5.76 Å². The molecule has 0 aromatic heterocycles. The smallest absolute Gasteiger partial charge is 0.295 e. The Hall–Kier alpha value is -4.26. The van der Waals surface area contributed by atoms with Crippen LogP contribution < -0.4 is 14.4 Å². The third kappa shape index (κ3) is 5.83. The topological polar surface area (TPSA) is 79.3 Å². The lowest BCUT2D eigenvalue weighted by atomic mass is 9.93. The molecule has 7 heteroatoms. The normalized spacial score (nSPS) is 16.5. The SMILES string of the molecule is CCOc1cccc(CN2C(=O)C(=O)/C(=C(\O)c3ccc(OCC)c(C(C)C)c3)C2c2ccc(N(C)C)cc2)c1. The van der Waals surface area contributed by atoms with Gasteiger partial charge in [0.2, 0.25) is 0 Å². The lowest BCUT2D eigenvalue weighted by Gasteiger charge is -2.26. The van der Waals surface area contributed by atoms with Crippen LogP contribution in [0.3, 0.4) is 0 Å². The van der Waals surface area contributed by atoms with E-state index < -0.39 is 17.7 Å². The Morgan fingerprint density at radius 2 is 1.65 bits per heavy atom. The Balaban J connectivity index is 1.85. The number of likely N-dealkylation sites (tertiary alicyclic amines) is 1. The Morgan fingerprint density at radius 1 is 0.950 bits per heavy atom. The number of benzene rings is 3. The standard InChI is InChI=1S/C33H38N2O5/c1-7-39-26-11-9-10-22(18-26)20-35-30(23-12-15-25(16-13-23)34(5)6)29(32(37)33(35)38)31(36)24-14-17-28(40-8-2)27(19-24)21(3)4/h9-19,21,30,36H,7-8,20H2,1-6H3/b31-29-. The van der Waals surface area contributed by atoms with Crippen LogP contribution in [0.4, 0.5) is 5.69 Å². The first-order chi connectivity index (χ1) is 19.2. The van der Waals surface area contributed by atoms with Crippen LogP contribution in [0, 0.1) is 0 Å². The van der Waals surface area contributed by atoms with Crippen LogP contribution in [-0.2, 0) is 16.1 Å². The number of rotatable bonds is 10. The monoisotopic (exact) mass is 542 g/mol. The summed E-state index contributed by atoms with van der Waals surface area (Å²) >= 11 is 0. The number of anilines is 1. The van der Waals surface area contributed by atoms with Gasteiger partial charge in [-0.15, -0.1) is 0 Å². The lowest BCUT2D eigenvalue weighted by Crippen LogP contribution is -2.29. The van der Waals surface area contributed by atoms with Crippen molar-refractivity contribution in [3.05, 3.63) is 94.6 Å². The fourth-order valence-corrected chi connectivity index (χ4v) is 5.03. The number of amides is 1. The molecular formula is C33H38N2O5. The molecule has 3 aromatic rings. The van der Waals surface area contributed by atoms with Gasteiger partial charge in [-0.1, -0.05) is 38.1 Å².